The van der Waals surface area contributed by atoms with Crippen molar-refractivity contribution in [2.75, 3.05) is 78.5 Å². The van der Waals surface area contributed by atoms with Gasteiger partial charge < -0.3 is 76.0 Å². The Morgan fingerprint density at radius 1 is 0.387 bits per heavy atom. The molecule has 0 unspecified atom stereocenters. The van der Waals surface area contributed by atoms with E-state index in [1.165, 1.54) is 59.7 Å². The van der Waals surface area contributed by atoms with E-state index in [9.17, 15) is 75.1 Å². The average molecular weight is 1690 g/mol. The van der Waals surface area contributed by atoms with Crippen molar-refractivity contribution in [3.05, 3.63) is 140 Å². The van der Waals surface area contributed by atoms with Gasteiger partial charge in [-0.1, -0.05) is 100 Å². The molecule has 12 aliphatic rings. The van der Waals surface area contributed by atoms with Crippen LogP contribution in [0, 0.1) is 46.9 Å². The molecule has 27 nitrogen and oxygen atoms in total. The maximum atomic E-state index is 13.9. The van der Waals surface area contributed by atoms with Crippen molar-refractivity contribution in [1.82, 2.24) is 58.8 Å². The Morgan fingerprint density at radius 3 is 0.975 bits per heavy atom. The number of carbonyl (C=O) groups excluding carboxylic acids is 12. The van der Waals surface area contributed by atoms with Crippen LogP contribution in [-0.2, 0) is 69.3 Å². The van der Waals surface area contributed by atoms with Gasteiger partial charge in [0.25, 0.3) is 23.6 Å². The van der Waals surface area contributed by atoms with Crippen LogP contribution in [0.15, 0.2) is 84.9 Å². The average Bonchev–Trinajstić information content (AvgIpc) is 0.734. The molecule has 0 bridgehead atoms. The smallest absolute Gasteiger partial charge is 0.314 e. The highest BCUT2D eigenvalue weighted by molar-refractivity contribution is 6.31. The minimum atomic E-state index is -1.15. The zero-order valence-electron chi connectivity index (χ0n) is 68.1. The second-order valence-electron chi connectivity index (χ2n) is 35.1. The third-order valence-corrected chi connectivity index (χ3v) is 28.1. The van der Waals surface area contributed by atoms with E-state index in [0.29, 0.717) is 52.8 Å². The highest BCUT2D eigenvalue weighted by Gasteiger charge is 2.65. The molecule has 0 aromatic heterocycles. The van der Waals surface area contributed by atoms with E-state index >= 15 is 0 Å². The number of rotatable bonds is 15. The van der Waals surface area contributed by atoms with E-state index in [-0.39, 0.29) is 180 Å². The van der Waals surface area contributed by atoms with E-state index in [0.717, 1.165) is 139 Å². The molecule has 4 spiro atoms. The Kier molecular flexibility index (Phi) is 26.2. The first-order chi connectivity index (χ1) is 56.7. The Balaban J connectivity index is 0.000000137. The number of piperazine rings is 4. The highest BCUT2D eigenvalue weighted by atomic mass is 35.5. The molecule has 12 fully saturated rings. The van der Waals surface area contributed by atoms with Crippen LogP contribution in [0.4, 0.5) is 31.9 Å². The van der Waals surface area contributed by atoms with Gasteiger partial charge in [-0.2, -0.15) is 0 Å². The predicted molar refractivity (Wildman–Crippen MR) is 432 cm³/mol. The third-order valence-electron chi connectivity index (χ3n) is 27.5. The maximum Gasteiger partial charge on any atom is 0.314 e. The Morgan fingerprint density at radius 2 is 0.672 bits per heavy atom. The van der Waals surface area contributed by atoms with Gasteiger partial charge >= 0.3 is 18.1 Å². The van der Waals surface area contributed by atoms with Crippen molar-refractivity contribution in [2.24, 2.45) is 40.9 Å². The predicted octanol–water partition coefficient (Wildman–Crippen LogP) is 9.00. The highest BCUT2D eigenvalue weighted by Crippen LogP contribution is 2.44. The van der Waals surface area contributed by atoms with Gasteiger partial charge in [0.05, 0.1) is 57.4 Å². The van der Waals surface area contributed by atoms with Crippen LogP contribution in [0.3, 0.4) is 0 Å². The van der Waals surface area contributed by atoms with Crippen LogP contribution in [-0.4, -0.2) is 255 Å². The normalized spacial score (nSPS) is 26.3. The zero-order chi connectivity index (χ0) is 85.3. The summed E-state index contributed by atoms with van der Waals surface area (Å²) in [5.74, 6) is -1.32. The van der Waals surface area contributed by atoms with Crippen LogP contribution >= 0.6 is 23.2 Å². The number of nitrogens with two attached hydrogens (primary N) is 3. The molecule has 6 N–H and O–H groups in total. The fraction of sp³-hybridized carbons (Fsp3) is 0.581. The molecular weight excluding hydrogens is 1580 g/mol. The molecule has 0 atom stereocenters. The molecular formula is C86H109Cl2F4N15O12. The Hall–Kier alpha value is -9.78. The van der Waals surface area contributed by atoms with Gasteiger partial charge in [0.1, 0.15) is 37.8 Å². The number of carbonyl (C=O) groups is 12. The fourth-order valence-electron chi connectivity index (χ4n) is 20.0. The minimum absolute atomic E-state index is 0.00393. The van der Waals surface area contributed by atoms with E-state index in [2.05, 4.69) is 27.7 Å². The molecule has 8 aliphatic heterocycles. The summed E-state index contributed by atoms with van der Waals surface area (Å²) in [6.45, 7) is 10.4. The number of amides is 15. The lowest BCUT2D eigenvalue weighted by atomic mass is 9.80. The molecule has 16 rings (SSSR count). The Bertz CT molecular complexity index is 4360. The molecule has 4 aromatic rings. The maximum absolute atomic E-state index is 13.9. The van der Waals surface area contributed by atoms with Crippen molar-refractivity contribution in [3.63, 3.8) is 0 Å². The van der Waals surface area contributed by atoms with Crippen molar-refractivity contribution in [2.45, 2.75) is 216 Å². The molecule has 4 aliphatic carbocycles. The minimum Gasteiger partial charge on any atom is -0.351 e. The van der Waals surface area contributed by atoms with E-state index in [4.69, 9.17) is 40.4 Å². The number of likely N-dealkylation sites (tertiary alicyclic amines) is 4. The van der Waals surface area contributed by atoms with Gasteiger partial charge in [0, 0.05) is 55.4 Å². The van der Waals surface area contributed by atoms with Crippen molar-refractivity contribution >= 4 is 95.0 Å². The molecule has 33 heteroatoms. The number of halogens is 6. The quantitative estimate of drug-likeness (QED) is 0.0741. The first-order valence-electron chi connectivity index (χ1n) is 41.9. The standard InChI is InChI=1S/C22H29ClN4O3.C22H29FN4O3.C21H26ClFN4O3.C21H25F2N3O3/c2*1-2-15-5-9-18(10-6-15)26-12-19(28)27(11-16-3-7-17(23)8-4-16)22(20(26)29)13-25(14-22)21(24)30;1-13-2-5-15(6-3-13)26-10-18(28)27(9-14-4-7-16(22)17(23)8-14)21(19(26)29)11-25(12-21)20(24)30;1-14-2-5-16(6-3-14)25-10-19(28)26(9-15-4-7-17(22)18(23)8-15)21(20(25)29)11-24(12-21)13-27/h2*3-4,7-8,15,18H,2,5-6,9-14H2,1H3,(H2,24,30);4,7-8,13,15H,2-3,5-6,9-12H2,1H3,(H2,24,30);4,7-8,13-14,16H,2-3,5-6,9-12H2,1H3. The van der Waals surface area contributed by atoms with Crippen LogP contribution in [0.5, 0.6) is 0 Å². The lowest BCUT2D eigenvalue weighted by Gasteiger charge is -2.58. The van der Waals surface area contributed by atoms with Crippen LogP contribution in [0.25, 0.3) is 0 Å². The van der Waals surface area contributed by atoms with Crippen LogP contribution in [0.2, 0.25) is 10.0 Å². The van der Waals surface area contributed by atoms with Crippen LogP contribution in [0.1, 0.15) is 166 Å². The molecule has 4 aromatic carbocycles. The molecule has 8 heterocycles. The molecule has 0 radical (unpaired) electrons. The lowest BCUT2D eigenvalue weighted by Crippen LogP contribution is -2.82. The summed E-state index contributed by atoms with van der Waals surface area (Å²) in [7, 11) is 0. The summed E-state index contributed by atoms with van der Waals surface area (Å²) in [6.07, 6.45) is 18.6. The lowest BCUT2D eigenvalue weighted by molar-refractivity contribution is -0.183. The summed E-state index contributed by atoms with van der Waals surface area (Å²) in [5, 5.41) is 0.614. The van der Waals surface area contributed by atoms with Gasteiger partial charge in [-0.05, 0) is 197 Å². The molecule has 8 saturated heterocycles. The second kappa shape index (κ2) is 35.9. The fourth-order valence-corrected chi connectivity index (χ4v) is 20.2. The SMILES string of the molecule is CC1CCC(N2CC(=O)N(Cc3ccc(Cl)c(F)c3)C3(CN(C(N)=O)C3)C2=O)CC1.CC1CCC(N2CC(=O)N(Cc3ccc(F)c(F)c3)C3(CN(C=O)C3)C2=O)CC1.CCC1CCC(N2CC(=O)N(Cc3ccc(Cl)cc3)C3(CN(C(N)=O)C3)C2=O)CC1.CCC1CCC(N2CC(=O)N(Cc3ccc(F)cc3)C3(CN(C(N)=O)C3)C2=O)CC1. The van der Waals surface area contributed by atoms with E-state index < -0.39 is 57.7 Å². The molecule has 642 valence electrons. The van der Waals surface area contributed by atoms with Gasteiger partial charge in [0.2, 0.25) is 30.0 Å². The summed E-state index contributed by atoms with van der Waals surface area (Å²) < 4.78 is 54.1. The number of urea groups is 3. The summed E-state index contributed by atoms with van der Waals surface area (Å²) in [4.78, 5) is 172. The van der Waals surface area contributed by atoms with Crippen molar-refractivity contribution < 1.29 is 75.1 Å². The summed E-state index contributed by atoms with van der Waals surface area (Å²) >= 11 is 11.7. The van der Waals surface area contributed by atoms with Gasteiger partial charge in [-0.3, -0.25) is 43.2 Å². The number of hydrogen-bond donors (Lipinski definition) is 3. The van der Waals surface area contributed by atoms with Crippen LogP contribution < -0.4 is 17.2 Å². The molecule has 4 saturated carbocycles. The number of hydrogen-bond acceptors (Lipinski definition) is 12. The third kappa shape index (κ3) is 17.8. The van der Waals surface area contributed by atoms with Crippen molar-refractivity contribution in [3.8, 4) is 0 Å². The number of primary amides is 3. The van der Waals surface area contributed by atoms with E-state index in [1.807, 2.05) is 12.1 Å². The summed E-state index contributed by atoms with van der Waals surface area (Å²) in [5.41, 5.74) is 14.4. The van der Waals surface area contributed by atoms with Gasteiger partial charge in [-0.25, -0.2) is 31.9 Å². The van der Waals surface area contributed by atoms with E-state index in [1.54, 1.807) is 59.7 Å². The first-order valence-corrected chi connectivity index (χ1v) is 42.6. The topological polar surface area (TPSA) is 322 Å². The molecule has 15 amide bonds. The monoisotopic (exact) mass is 1690 g/mol. The number of benzene rings is 4. The Labute approximate surface area is 701 Å². The zero-order valence-corrected chi connectivity index (χ0v) is 69.6. The number of nitrogens with zero attached hydrogens (tertiary/aromatic N) is 12. The molecule has 119 heavy (non-hydrogen) atoms. The first kappa shape index (κ1) is 87.0. The van der Waals surface area contributed by atoms with Gasteiger partial charge in [-0.15, -0.1) is 0 Å². The second-order valence-corrected chi connectivity index (χ2v) is 36.0. The largest absolute Gasteiger partial charge is 0.351 e. The summed E-state index contributed by atoms with van der Waals surface area (Å²) in [6, 6.07) is 19.4. The van der Waals surface area contributed by atoms with Crippen molar-refractivity contribution in [1.29, 1.82) is 0 Å². The van der Waals surface area contributed by atoms with Gasteiger partial charge in [0.15, 0.2) is 33.8 Å².